The molecule has 4 nitrogen and oxygen atoms in total. The summed E-state index contributed by atoms with van der Waals surface area (Å²) in [5.41, 5.74) is 0.676. The standard InChI is InChI=1S/C14H20IN3O/c1-8(11-6-9-3-4-10(11)5-9)17-14(19)13-12(15)7-16-18(13)2/h7-11H,3-6H2,1-2H3,(H,17,19). The highest BCUT2D eigenvalue weighted by molar-refractivity contribution is 14.1. The van der Waals surface area contributed by atoms with E-state index in [1.165, 1.54) is 25.7 Å². The van der Waals surface area contributed by atoms with Crippen LogP contribution in [0.15, 0.2) is 6.20 Å². The van der Waals surface area contributed by atoms with E-state index in [0.717, 1.165) is 15.4 Å². The van der Waals surface area contributed by atoms with Crippen molar-refractivity contribution in [2.75, 3.05) is 0 Å². The number of carbonyl (C=O) groups is 1. The van der Waals surface area contributed by atoms with Crippen molar-refractivity contribution >= 4 is 28.5 Å². The van der Waals surface area contributed by atoms with Crippen LogP contribution in [0.25, 0.3) is 0 Å². The third-order valence-corrected chi connectivity index (χ3v) is 5.69. The second-order valence-corrected chi connectivity index (χ2v) is 7.23. The molecule has 3 rings (SSSR count). The van der Waals surface area contributed by atoms with Crippen molar-refractivity contribution in [1.29, 1.82) is 0 Å². The number of aromatic nitrogens is 2. The molecule has 1 aromatic rings. The Morgan fingerprint density at radius 2 is 2.32 bits per heavy atom. The predicted molar refractivity (Wildman–Crippen MR) is 81.8 cm³/mol. The van der Waals surface area contributed by atoms with Crippen molar-refractivity contribution < 1.29 is 4.79 Å². The first-order chi connectivity index (χ1) is 9.06. The van der Waals surface area contributed by atoms with Crippen molar-refractivity contribution in [2.24, 2.45) is 24.8 Å². The predicted octanol–water partition coefficient (Wildman–Crippen LogP) is 2.58. The van der Waals surface area contributed by atoms with Gasteiger partial charge < -0.3 is 5.32 Å². The van der Waals surface area contributed by atoms with Crippen LogP contribution in [-0.2, 0) is 7.05 Å². The van der Waals surface area contributed by atoms with Gasteiger partial charge in [0.2, 0.25) is 0 Å². The number of hydrogen-bond acceptors (Lipinski definition) is 2. The molecule has 0 radical (unpaired) electrons. The number of nitrogens with zero attached hydrogens (tertiary/aromatic N) is 2. The molecule has 0 spiro atoms. The fourth-order valence-corrected chi connectivity index (χ4v) is 4.67. The summed E-state index contributed by atoms with van der Waals surface area (Å²) in [5.74, 6) is 2.45. The van der Waals surface area contributed by atoms with E-state index in [0.29, 0.717) is 11.6 Å². The Bertz CT molecular complexity index is 479. The molecule has 2 aliphatic rings. The third kappa shape index (κ3) is 2.41. The lowest BCUT2D eigenvalue weighted by Gasteiger charge is -2.28. The lowest BCUT2D eigenvalue weighted by molar-refractivity contribution is 0.0904. The fourth-order valence-electron chi connectivity index (χ4n) is 3.95. The van der Waals surface area contributed by atoms with Gasteiger partial charge in [0, 0.05) is 13.1 Å². The molecule has 2 fully saturated rings. The van der Waals surface area contributed by atoms with E-state index >= 15 is 0 Å². The highest BCUT2D eigenvalue weighted by atomic mass is 127. The van der Waals surface area contributed by atoms with Crippen LogP contribution in [0.5, 0.6) is 0 Å². The summed E-state index contributed by atoms with van der Waals surface area (Å²) in [4.78, 5) is 12.3. The Labute approximate surface area is 127 Å². The maximum absolute atomic E-state index is 12.3. The number of nitrogens with one attached hydrogen (secondary N) is 1. The van der Waals surface area contributed by atoms with Gasteiger partial charge >= 0.3 is 0 Å². The lowest BCUT2D eigenvalue weighted by atomic mass is 9.84. The number of rotatable bonds is 3. The van der Waals surface area contributed by atoms with E-state index in [-0.39, 0.29) is 11.9 Å². The van der Waals surface area contributed by atoms with Gasteiger partial charge in [0.05, 0.1) is 9.77 Å². The number of carbonyl (C=O) groups excluding carboxylic acids is 1. The minimum absolute atomic E-state index is 0.0136. The van der Waals surface area contributed by atoms with Crippen molar-refractivity contribution in [3.05, 3.63) is 15.5 Å². The molecule has 1 N–H and O–H groups in total. The first kappa shape index (κ1) is 13.4. The number of halogens is 1. The second-order valence-electron chi connectivity index (χ2n) is 6.07. The van der Waals surface area contributed by atoms with Crippen molar-refractivity contribution in [3.63, 3.8) is 0 Å². The summed E-state index contributed by atoms with van der Waals surface area (Å²) in [7, 11) is 1.82. The molecule has 4 atom stereocenters. The van der Waals surface area contributed by atoms with Gasteiger partial charge in [-0.15, -0.1) is 0 Å². The van der Waals surface area contributed by atoms with Crippen LogP contribution in [0.4, 0.5) is 0 Å². The highest BCUT2D eigenvalue weighted by Gasteiger charge is 2.42. The van der Waals surface area contributed by atoms with Crippen molar-refractivity contribution in [2.45, 2.75) is 38.6 Å². The first-order valence-corrected chi connectivity index (χ1v) is 8.12. The van der Waals surface area contributed by atoms with E-state index in [2.05, 4.69) is 39.9 Å². The molecular weight excluding hydrogens is 353 g/mol. The van der Waals surface area contributed by atoms with Crippen LogP contribution in [-0.4, -0.2) is 21.7 Å². The molecule has 0 saturated heterocycles. The van der Waals surface area contributed by atoms with Gasteiger partial charge in [0.25, 0.3) is 5.91 Å². The molecule has 0 aromatic carbocycles. The number of aryl methyl sites for hydroxylation is 1. The second kappa shape index (κ2) is 5.07. The van der Waals surface area contributed by atoms with Crippen molar-refractivity contribution in [3.8, 4) is 0 Å². The third-order valence-electron chi connectivity index (χ3n) is 4.90. The van der Waals surface area contributed by atoms with Gasteiger partial charge in [-0.3, -0.25) is 9.48 Å². The number of amides is 1. The summed E-state index contributed by atoms with van der Waals surface area (Å²) in [5, 5.41) is 7.31. The topological polar surface area (TPSA) is 46.9 Å². The summed E-state index contributed by atoms with van der Waals surface area (Å²) in [6.07, 6.45) is 7.18. The zero-order chi connectivity index (χ0) is 13.6. The number of hydrogen-bond donors (Lipinski definition) is 1. The monoisotopic (exact) mass is 373 g/mol. The fraction of sp³-hybridized carbons (Fsp3) is 0.714. The molecule has 1 amide bonds. The largest absolute Gasteiger partial charge is 0.348 e. The van der Waals surface area contributed by atoms with Crippen LogP contribution >= 0.6 is 22.6 Å². The molecule has 1 aromatic heterocycles. The molecule has 0 aliphatic heterocycles. The van der Waals surface area contributed by atoms with E-state index in [9.17, 15) is 4.79 Å². The van der Waals surface area contributed by atoms with Crippen molar-refractivity contribution in [1.82, 2.24) is 15.1 Å². The van der Waals surface area contributed by atoms with Crippen LogP contribution in [0.2, 0.25) is 0 Å². The Balaban J connectivity index is 1.67. The van der Waals surface area contributed by atoms with E-state index in [4.69, 9.17) is 0 Å². The molecular formula is C14H20IN3O. The molecule has 4 unspecified atom stereocenters. The molecule has 104 valence electrons. The lowest BCUT2D eigenvalue weighted by Crippen LogP contribution is -2.41. The molecule has 19 heavy (non-hydrogen) atoms. The molecule has 1 heterocycles. The smallest absolute Gasteiger partial charge is 0.270 e. The van der Waals surface area contributed by atoms with Gasteiger partial charge in [0.15, 0.2) is 0 Å². The van der Waals surface area contributed by atoms with E-state index in [1.54, 1.807) is 10.9 Å². The summed E-state index contributed by atoms with van der Waals surface area (Å²) in [6, 6.07) is 0.272. The Morgan fingerprint density at radius 1 is 1.53 bits per heavy atom. The molecule has 2 saturated carbocycles. The molecule has 2 aliphatic carbocycles. The van der Waals surface area contributed by atoms with Gasteiger partial charge in [0.1, 0.15) is 5.69 Å². The van der Waals surface area contributed by atoms with E-state index < -0.39 is 0 Å². The number of fused-ring (bicyclic) bond motifs is 2. The Kier molecular flexibility index (Phi) is 3.57. The Morgan fingerprint density at radius 3 is 2.84 bits per heavy atom. The van der Waals surface area contributed by atoms with E-state index in [1.807, 2.05) is 7.05 Å². The quantitative estimate of drug-likeness (QED) is 0.828. The summed E-state index contributed by atoms with van der Waals surface area (Å²) < 4.78 is 2.57. The average Bonchev–Trinajstić information content (AvgIpc) is 3.05. The maximum Gasteiger partial charge on any atom is 0.270 e. The minimum Gasteiger partial charge on any atom is -0.348 e. The van der Waals surface area contributed by atoms with Gasteiger partial charge in [-0.1, -0.05) is 6.42 Å². The highest BCUT2D eigenvalue weighted by Crippen LogP contribution is 2.49. The van der Waals surface area contributed by atoms with Crippen LogP contribution < -0.4 is 5.32 Å². The van der Waals surface area contributed by atoms with Crippen LogP contribution in [0.3, 0.4) is 0 Å². The zero-order valence-electron chi connectivity index (χ0n) is 11.4. The van der Waals surface area contributed by atoms with Crippen LogP contribution in [0, 0.1) is 21.3 Å². The van der Waals surface area contributed by atoms with Gasteiger partial charge in [-0.2, -0.15) is 5.10 Å². The molecule has 5 heteroatoms. The zero-order valence-corrected chi connectivity index (χ0v) is 13.6. The normalized spacial score (nSPS) is 30.6. The maximum atomic E-state index is 12.3. The SMILES string of the molecule is CC(NC(=O)c1c(I)cnn1C)C1CC2CCC1C2. The first-order valence-electron chi connectivity index (χ1n) is 7.04. The Hall–Kier alpha value is -0.590. The van der Waals surface area contributed by atoms with Gasteiger partial charge in [-0.05, 0) is 66.5 Å². The summed E-state index contributed by atoms with van der Waals surface area (Å²) in [6.45, 7) is 2.16. The summed E-state index contributed by atoms with van der Waals surface area (Å²) >= 11 is 2.17. The molecule has 2 bridgehead atoms. The van der Waals surface area contributed by atoms with Gasteiger partial charge in [-0.25, -0.2) is 0 Å². The van der Waals surface area contributed by atoms with Crippen LogP contribution in [0.1, 0.15) is 43.1 Å². The minimum atomic E-state index is 0.0136. The average molecular weight is 373 g/mol.